The van der Waals surface area contributed by atoms with Crippen LogP contribution in [0.5, 0.6) is 0 Å². The second-order valence-electron chi connectivity index (χ2n) is 4.70. The van der Waals surface area contributed by atoms with E-state index in [4.69, 9.17) is 0 Å². The van der Waals surface area contributed by atoms with E-state index >= 15 is 0 Å². The molecule has 1 rings (SSSR count). The van der Waals surface area contributed by atoms with Crippen LogP contribution in [0.1, 0.15) is 25.8 Å². The Hall–Kier alpha value is -1.00. The molecular formula is C14H22F2N2. The molecule has 4 heteroatoms. The number of nitrogens with one attached hydrogen (secondary N) is 2. The maximum absolute atomic E-state index is 13.3. The zero-order chi connectivity index (χ0) is 13.4. The summed E-state index contributed by atoms with van der Waals surface area (Å²) in [6, 6.07) is 4.25. The van der Waals surface area contributed by atoms with Crippen molar-refractivity contribution in [3.63, 3.8) is 0 Å². The summed E-state index contributed by atoms with van der Waals surface area (Å²) in [6.07, 6.45) is 1.63. The smallest absolute Gasteiger partial charge is 0.129 e. The van der Waals surface area contributed by atoms with Gasteiger partial charge in [0, 0.05) is 12.1 Å². The van der Waals surface area contributed by atoms with Crippen LogP contribution in [0.25, 0.3) is 0 Å². The lowest BCUT2D eigenvalue weighted by molar-refractivity contribution is 0.542. The number of benzene rings is 1. The Morgan fingerprint density at radius 2 is 1.89 bits per heavy atom. The fraction of sp³-hybridized carbons (Fsp3) is 0.571. The Morgan fingerprint density at radius 1 is 1.11 bits per heavy atom. The largest absolute Gasteiger partial charge is 0.316 e. The van der Waals surface area contributed by atoms with E-state index in [1.54, 1.807) is 0 Å². The molecule has 0 saturated carbocycles. The van der Waals surface area contributed by atoms with Crippen LogP contribution in [-0.4, -0.2) is 25.7 Å². The zero-order valence-electron chi connectivity index (χ0n) is 11.1. The highest BCUT2D eigenvalue weighted by molar-refractivity contribution is 5.18. The van der Waals surface area contributed by atoms with Crippen molar-refractivity contribution in [3.05, 3.63) is 35.4 Å². The van der Waals surface area contributed by atoms with Crippen molar-refractivity contribution in [2.75, 3.05) is 19.6 Å². The average molecular weight is 256 g/mol. The van der Waals surface area contributed by atoms with Gasteiger partial charge in [0.15, 0.2) is 0 Å². The van der Waals surface area contributed by atoms with Gasteiger partial charge in [0.05, 0.1) is 0 Å². The van der Waals surface area contributed by atoms with Crippen molar-refractivity contribution in [3.8, 4) is 0 Å². The molecule has 0 aliphatic rings. The van der Waals surface area contributed by atoms with Crippen LogP contribution in [0.4, 0.5) is 8.78 Å². The molecule has 0 aliphatic carbocycles. The summed E-state index contributed by atoms with van der Waals surface area (Å²) in [6.45, 7) is 6.83. The fourth-order valence-corrected chi connectivity index (χ4v) is 1.68. The Bertz CT molecular complexity index is 354. The first-order valence-electron chi connectivity index (χ1n) is 6.47. The predicted octanol–water partition coefficient (Wildman–Crippen LogP) is 2.49. The molecule has 0 radical (unpaired) electrons. The first-order valence-corrected chi connectivity index (χ1v) is 6.47. The third kappa shape index (κ3) is 6.07. The fourth-order valence-electron chi connectivity index (χ4n) is 1.68. The van der Waals surface area contributed by atoms with E-state index in [0.717, 1.165) is 25.6 Å². The maximum atomic E-state index is 13.3. The van der Waals surface area contributed by atoms with Gasteiger partial charge in [-0.15, -0.1) is 0 Å². The van der Waals surface area contributed by atoms with Crippen LogP contribution in [-0.2, 0) is 6.42 Å². The molecular weight excluding hydrogens is 234 g/mol. The van der Waals surface area contributed by atoms with E-state index in [1.165, 1.54) is 12.1 Å². The molecule has 0 fully saturated rings. The van der Waals surface area contributed by atoms with Gasteiger partial charge in [-0.25, -0.2) is 8.78 Å². The van der Waals surface area contributed by atoms with Crippen molar-refractivity contribution >= 4 is 0 Å². The van der Waals surface area contributed by atoms with Gasteiger partial charge in [0.25, 0.3) is 0 Å². The summed E-state index contributed by atoms with van der Waals surface area (Å²) in [5.74, 6) is -0.984. The van der Waals surface area contributed by atoms with Gasteiger partial charge < -0.3 is 10.6 Å². The minimum Gasteiger partial charge on any atom is -0.316 e. The topological polar surface area (TPSA) is 24.1 Å². The predicted molar refractivity (Wildman–Crippen MR) is 70.7 cm³/mol. The first kappa shape index (κ1) is 15.1. The molecule has 1 aromatic rings. The lowest BCUT2D eigenvalue weighted by atomic mass is 10.1. The van der Waals surface area contributed by atoms with E-state index < -0.39 is 11.6 Å². The highest BCUT2D eigenvalue weighted by Crippen LogP contribution is 2.09. The number of hydrogen-bond donors (Lipinski definition) is 2. The summed E-state index contributed by atoms with van der Waals surface area (Å²) in [5, 5.41) is 6.58. The summed E-state index contributed by atoms with van der Waals surface area (Å²) in [4.78, 5) is 0. The Kier molecular flexibility index (Phi) is 6.83. The SMILES string of the molecule is CC(C)NCCCNCCc1ccc(F)cc1F. The van der Waals surface area contributed by atoms with Crippen molar-refractivity contribution in [1.29, 1.82) is 0 Å². The highest BCUT2D eigenvalue weighted by Gasteiger charge is 2.02. The van der Waals surface area contributed by atoms with E-state index in [2.05, 4.69) is 24.5 Å². The van der Waals surface area contributed by atoms with E-state index in [-0.39, 0.29) is 0 Å². The first-order chi connectivity index (χ1) is 8.59. The van der Waals surface area contributed by atoms with Crippen molar-refractivity contribution in [2.45, 2.75) is 32.7 Å². The normalized spacial score (nSPS) is 11.2. The van der Waals surface area contributed by atoms with E-state index in [9.17, 15) is 8.78 Å². The molecule has 0 heterocycles. The lowest BCUT2D eigenvalue weighted by Crippen LogP contribution is -2.27. The van der Waals surface area contributed by atoms with Gasteiger partial charge in [0.2, 0.25) is 0 Å². The van der Waals surface area contributed by atoms with Crippen molar-refractivity contribution in [1.82, 2.24) is 10.6 Å². The molecule has 0 bridgehead atoms. The van der Waals surface area contributed by atoms with Crippen LogP contribution in [0.3, 0.4) is 0 Å². The average Bonchev–Trinajstić information content (AvgIpc) is 2.30. The third-order valence-corrected chi connectivity index (χ3v) is 2.67. The quantitative estimate of drug-likeness (QED) is 0.698. The molecule has 0 atom stereocenters. The van der Waals surface area contributed by atoms with Crippen molar-refractivity contribution in [2.24, 2.45) is 0 Å². The molecule has 0 saturated heterocycles. The third-order valence-electron chi connectivity index (χ3n) is 2.67. The Labute approximate surface area is 108 Å². The Balaban J connectivity index is 2.11. The van der Waals surface area contributed by atoms with Gasteiger partial charge in [-0.2, -0.15) is 0 Å². The van der Waals surface area contributed by atoms with Crippen LogP contribution >= 0.6 is 0 Å². The molecule has 0 amide bonds. The monoisotopic (exact) mass is 256 g/mol. The van der Waals surface area contributed by atoms with E-state index in [0.29, 0.717) is 24.6 Å². The van der Waals surface area contributed by atoms with Gasteiger partial charge in [-0.1, -0.05) is 19.9 Å². The second kappa shape index (κ2) is 8.16. The number of halogens is 2. The molecule has 0 aromatic heterocycles. The lowest BCUT2D eigenvalue weighted by Gasteiger charge is -2.09. The minimum atomic E-state index is -0.524. The minimum absolute atomic E-state index is 0.460. The van der Waals surface area contributed by atoms with Gasteiger partial charge in [-0.05, 0) is 44.1 Å². The number of rotatable bonds is 8. The summed E-state index contributed by atoms with van der Waals surface area (Å²) in [5.41, 5.74) is 0.559. The van der Waals surface area contributed by atoms with Gasteiger partial charge >= 0.3 is 0 Å². The summed E-state index contributed by atoms with van der Waals surface area (Å²) in [7, 11) is 0. The van der Waals surface area contributed by atoms with Gasteiger partial charge in [-0.3, -0.25) is 0 Å². The van der Waals surface area contributed by atoms with Crippen LogP contribution in [0.2, 0.25) is 0 Å². The molecule has 2 nitrogen and oxygen atoms in total. The Morgan fingerprint density at radius 3 is 2.56 bits per heavy atom. The van der Waals surface area contributed by atoms with Crippen LogP contribution in [0.15, 0.2) is 18.2 Å². The van der Waals surface area contributed by atoms with Crippen LogP contribution < -0.4 is 10.6 Å². The van der Waals surface area contributed by atoms with Crippen molar-refractivity contribution < 1.29 is 8.78 Å². The molecule has 0 aliphatic heterocycles. The van der Waals surface area contributed by atoms with Gasteiger partial charge in [0.1, 0.15) is 11.6 Å². The molecule has 102 valence electrons. The molecule has 1 aromatic carbocycles. The standard InChI is InChI=1S/C14H22F2N2/c1-11(2)18-8-3-7-17-9-6-12-4-5-13(15)10-14(12)16/h4-5,10-11,17-18H,3,6-9H2,1-2H3. The molecule has 2 N–H and O–H groups in total. The summed E-state index contributed by atoms with van der Waals surface area (Å²) >= 11 is 0. The molecule has 0 spiro atoms. The van der Waals surface area contributed by atoms with Crippen LogP contribution in [0, 0.1) is 11.6 Å². The maximum Gasteiger partial charge on any atom is 0.129 e. The highest BCUT2D eigenvalue weighted by atomic mass is 19.1. The second-order valence-corrected chi connectivity index (χ2v) is 4.70. The zero-order valence-corrected chi connectivity index (χ0v) is 11.1. The molecule has 0 unspecified atom stereocenters. The summed E-state index contributed by atoms with van der Waals surface area (Å²) < 4.78 is 26.0. The molecule has 18 heavy (non-hydrogen) atoms. The van der Waals surface area contributed by atoms with E-state index in [1.807, 2.05) is 0 Å². The number of hydrogen-bond acceptors (Lipinski definition) is 2.